The quantitative estimate of drug-likeness (QED) is 0.908. The van der Waals surface area contributed by atoms with E-state index in [2.05, 4.69) is 10.4 Å². The second-order valence-corrected chi connectivity index (χ2v) is 5.85. The molecule has 0 bridgehead atoms. The number of carbonyl (C=O) groups is 1. The molecule has 0 unspecified atom stereocenters. The number of carbonyl (C=O) groups excluding carboxylic acids is 1. The molecule has 1 aromatic heterocycles. The van der Waals surface area contributed by atoms with Crippen LogP contribution in [-0.2, 0) is 6.54 Å². The normalized spacial score (nSPS) is 11.2. The number of benzene rings is 1. The number of hydrogen-bond donors (Lipinski definition) is 2. The summed E-state index contributed by atoms with van der Waals surface area (Å²) in [4.78, 5) is 11.7. The Morgan fingerprint density at radius 3 is 2.76 bits per heavy atom. The smallest absolute Gasteiger partial charge is 0.410 e. The first-order valence-corrected chi connectivity index (χ1v) is 6.70. The lowest BCUT2D eigenvalue weighted by Crippen LogP contribution is -2.42. The fraction of sp³-hybridized carbons (Fsp3) is 0.333. The van der Waals surface area contributed by atoms with Crippen LogP contribution in [0.5, 0.6) is 5.75 Å². The zero-order chi connectivity index (χ0) is 15.5. The van der Waals surface area contributed by atoms with Gasteiger partial charge in [-0.1, -0.05) is 12.1 Å². The fourth-order valence-electron chi connectivity index (χ4n) is 1.80. The lowest BCUT2D eigenvalue weighted by atomic mass is 10.1. The Bertz CT molecular complexity index is 629. The van der Waals surface area contributed by atoms with E-state index >= 15 is 0 Å². The van der Waals surface area contributed by atoms with Gasteiger partial charge >= 0.3 is 6.09 Å². The number of aromatic nitrogens is 2. The molecule has 112 valence electrons. The number of nitrogens with two attached hydrogens (primary N) is 1. The van der Waals surface area contributed by atoms with Crippen LogP contribution in [0.15, 0.2) is 36.5 Å². The molecule has 1 aromatic carbocycles. The molecule has 0 aliphatic carbocycles. The number of amides is 1. The summed E-state index contributed by atoms with van der Waals surface area (Å²) < 4.78 is 7.00. The molecule has 0 fully saturated rings. The molecule has 6 heteroatoms. The highest BCUT2D eigenvalue weighted by molar-refractivity contribution is 5.71. The van der Waals surface area contributed by atoms with E-state index in [1.807, 2.05) is 32.9 Å². The van der Waals surface area contributed by atoms with Crippen molar-refractivity contribution < 1.29 is 9.53 Å². The van der Waals surface area contributed by atoms with E-state index < -0.39 is 6.09 Å². The van der Waals surface area contributed by atoms with Crippen LogP contribution in [0.3, 0.4) is 0 Å². The predicted molar refractivity (Wildman–Crippen MR) is 81.1 cm³/mol. The number of nitrogens with zero attached hydrogens (tertiary/aromatic N) is 2. The monoisotopic (exact) mass is 288 g/mol. The fourth-order valence-corrected chi connectivity index (χ4v) is 1.80. The van der Waals surface area contributed by atoms with Crippen LogP contribution in [-0.4, -0.2) is 21.4 Å². The first kappa shape index (κ1) is 14.9. The van der Waals surface area contributed by atoms with Gasteiger partial charge in [-0.25, -0.2) is 4.79 Å². The van der Waals surface area contributed by atoms with Crippen LogP contribution in [0.25, 0.3) is 0 Å². The van der Waals surface area contributed by atoms with Gasteiger partial charge in [0.1, 0.15) is 11.6 Å². The topological polar surface area (TPSA) is 82.2 Å². The van der Waals surface area contributed by atoms with Crippen molar-refractivity contribution in [1.82, 2.24) is 15.1 Å². The molecular formula is C15H20N4O2. The van der Waals surface area contributed by atoms with Crippen LogP contribution < -0.4 is 15.8 Å². The van der Waals surface area contributed by atoms with Gasteiger partial charge in [0.05, 0.1) is 6.54 Å². The number of rotatable bonds is 3. The summed E-state index contributed by atoms with van der Waals surface area (Å²) in [5, 5.41) is 6.86. The molecule has 0 aliphatic heterocycles. The maximum atomic E-state index is 11.7. The van der Waals surface area contributed by atoms with Crippen molar-refractivity contribution in [3.63, 3.8) is 0 Å². The molecule has 2 rings (SSSR count). The number of hydrogen-bond acceptors (Lipinski definition) is 4. The van der Waals surface area contributed by atoms with Crippen molar-refractivity contribution in [2.24, 2.45) is 0 Å². The highest BCUT2D eigenvalue weighted by atomic mass is 16.6. The molecule has 21 heavy (non-hydrogen) atoms. The standard InChI is InChI=1S/C15H20N4O2/c1-15(2,3)17-14(20)21-12-6-4-5-11(9-12)10-19-8-7-13(16)18-19/h4-9H,10H2,1-3H3,(H2,16,18)(H,17,20). The Morgan fingerprint density at radius 1 is 1.38 bits per heavy atom. The minimum atomic E-state index is -0.469. The summed E-state index contributed by atoms with van der Waals surface area (Å²) in [6, 6.07) is 9.05. The van der Waals surface area contributed by atoms with E-state index in [1.165, 1.54) is 0 Å². The number of nitrogens with one attached hydrogen (secondary N) is 1. The van der Waals surface area contributed by atoms with Gasteiger partial charge < -0.3 is 15.8 Å². The van der Waals surface area contributed by atoms with Crippen molar-refractivity contribution in [2.45, 2.75) is 32.9 Å². The molecule has 0 aliphatic rings. The van der Waals surface area contributed by atoms with E-state index in [1.54, 1.807) is 29.1 Å². The molecule has 1 heterocycles. The van der Waals surface area contributed by atoms with Crippen LogP contribution in [0.4, 0.5) is 10.6 Å². The van der Waals surface area contributed by atoms with Gasteiger partial charge in [0, 0.05) is 11.7 Å². The molecular weight excluding hydrogens is 268 g/mol. The van der Waals surface area contributed by atoms with Crippen LogP contribution in [0, 0.1) is 0 Å². The Kier molecular flexibility index (Phi) is 4.16. The summed E-state index contributed by atoms with van der Waals surface area (Å²) in [5.74, 6) is 0.973. The first-order valence-electron chi connectivity index (χ1n) is 6.70. The lowest BCUT2D eigenvalue weighted by Gasteiger charge is -2.19. The van der Waals surface area contributed by atoms with Crippen LogP contribution >= 0.6 is 0 Å². The third-order valence-electron chi connectivity index (χ3n) is 2.59. The molecule has 0 spiro atoms. The minimum absolute atomic E-state index is 0.332. The summed E-state index contributed by atoms with van der Waals surface area (Å²) in [6.45, 7) is 6.25. The SMILES string of the molecule is CC(C)(C)NC(=O)Oc1cccc(Cn2ccc(N)n2)c1. The van der Waals surface area contributed by atoms with Crippen molar-refractivity contribution in [2.75, 3.05) is 5.73 Å². The van der Waals surface area contributed by atoms with E-state index in [4.69, 9.17) is 10.5 Å². The lowest BCUT2D eigenvalue weighted by molar-refractivity contribution is 0.190. The average molecular weight is 288 g/mol. The van der Waals surface area contributed by atoms with Gasteiger partial charge in [-0.3, -0.25) is 4.68 Å². The second-order valence-electron chi connectivity index (χ2n) is 5.85. The van der Waals surface area contributed by atoms with E-state index in [-0.39, 0.29) is 5.54 Å². The molecule has 0 saturated carbocycles. The predicted octanol–water partition coefficient (Wildman–Crippen LogP) is 2.40. The van der Waals surface area contributed by atoms with Crippen molar-refractivity contribution >= 4 is 11.9 Å². The molecule has 0 atom stereocenters. The average Bonchev–Trinajstić information content (AvgIpc) is 2.72. The number of anilines is 1. The van der Waals surface area contributed by atoms with E-state index in [0.29, 0.717) is 18.1 Å². The molecule has 1 amide bonds. The zero-order valence-electron chi connectivity index (χ0n) is 12.5. The van der Waals surface area contributed by atoms with Gasteiger partial charge in [-0.2, -0.15) is 5.10 Å². The second kappa shape index (κ2) is 5.87. The van der Waals surface area contributed by atoms with Crippen molar-refractivity contribution in [3.05, 3.63) is 42.1 Å². The van der Waals surface area contributed by atoms with Gasteiger partial charge in [0.15, 0.2) is 0 Å². The summed E-state index contributed by atoms with van der Waals surface area (Å²) in [6.07, 6.45) is 1.33. The third-order valence-corrected chi connectivity index (χ3v) is 2.59. The Balaban J connectivity index is 2.02. The van der Waals surface area contributed by atoms with Crippen LogP contribution in [0.1, 0.15) is 26.3 Å². The maximum absolute atomic E-state index is 11.7. The van der Waals surface area contributed by atoms with E-state index in [0.717, 1.165) is 5.56 Å². The van der Waals surface area contributed by atoms with Crippen molar-refractivity contribution in [1.29, 1.82) is 0 Å². The number of nitrogen functional groups attached to an aromatic ring is 1. The van der Waals surface area contributed by atoms with Crippen molar-refractivity contribution in [3.8, 4) is 5.75 Å². The molecule has 0 radical (unpaired) electrons. The number of ether oxygens (including phenoxy) is 1. The maximum Gasteiger partial charge on any atom is 0.413 e. The highest BCUT2D eigenvalue weighted by Gasteiger charge is 2.15. The zero-order valence-corrected chi connectivity index (χ0v) is 12.5. The van der Waals surface area contributed by atoms with Gasteiger partial charge in [0.25, 0.3) is 0 Å². The summed E-state index contributed by atoms with van der Waals surface area (Å²) in [7, 11) is 0. The Labute approximate surface area is 123 Å². The van der Waals surface area contributed by atoms with E-state index in [9.17, 15) is 4.79 Å². The molecule has 2 aromatic rings. The third kappa shape index (κ3) is 4.83. The molecule has 3 N–H and O–H groups in total. The van der Waals surface area contributed by atoms with Crippen LogP contribution in [0.2, 0.25) is 0 Å². The largest absolute Gasteiger partial charge is 0.413 e. The molecule has 0 saturated heterocycles. The Morgan fingerprint density at radius 2 is 2.14 bits per heavy atom. The highest BCUT2D eigenvalue weighted by Crippen LogP contribution is 2.15. The summed E-state index contributed by atoms with van der Waals surface area (Å²) in [5.41, 5.74) is 6.22. The minimum Gasteiger partial charge on any atom is -0.410 e. The first-order chi connectivity index (χ1) is 9.82. The van der Waals surface area contributed by atoms with Gasteiger partial charge in [-0.05, 0) is 44.5 Å². The Hall–Kier alpha value is -2.50. The summed E-state index contributed by atoms with van der Waals surface area (Å²) >= 11 is 0. The van der Waals surface area contributed by atoms with Gasteiger partial charge in [0.2, 0.25) is 0 Å². The van der Waals surface area contributed by atoms with Gasteiger partial charge in [-0.15, -0.1) is 0 Å². The molecule has 6 nitrogen and oxygen atoms in total.